The van der Waals surface area contributed by atoms with E-state index >= 15 is 0 Å². The molecule has 0 saturated carbocycles. The van der Waals surface area contributed by atoms with Gasteiger partial charge >= 0.3 is 0 Å². The van der Waals surface area contributed by atoms with Gasteiger partial charge in [0.1, 0.15) is 0 Å². The molecular weight excluding hydrogens is 316 g/mol. The van der Waals surface area contributed by atoms with E-state index in [1.54, 1.807) is 12.1 Å². The summed E-state index contributed by atoms with van der Waals surface area (Å²) < 4.78 is 0. The van der Waals surface area contributed by atoms with E-state index in [1.807, 2.05) is 24.4 Å². The van der Waals surface area contributed by atoms with Crippen LogP contribution in [0.4, 0.5) is 5.13 Å². The van der Waals surface area contributed by atoms with E-state index in [9.17, 15) is 4.79 Å². The molecule has 1 N–H and O–H groups in total. The van der Waals surface area contributed by atoms with Crippen LogP contribution < -0.4 is 5.32 Å². The summed E-state index contributed by atoms with van der Waals surface area (Å²) in [4.78, 5) is 17.6. The molecule has 0 atom stereocenters. The van der Waals surface area contributed by atoms with Crippen molar-refractivity contribution < 1.29 is 4.79 Å². The molecule has 3 rings (SSSR count). The average Bonchev–Trinajstić information content (AvgIpc) is 3.03. The van der Waals surface area contributed by atoms with Crippen LogP contribution in [0.1, 0.15) is 46.1 Å². The molecule has 0 aliphatic rings. The number of anilines is 1. The first-order chi connectivity index (χ1) is 11.6. The number of nitrogens with one attached hydrogen (secondary N) is 1. The summed E-state index contributed by atoms with van der Waals surface area (Å²) in [6.45, 7) is 4.39. The van der Waals surface area contributed by atoms with E-state index in [1.165, 1.54) is 22.5 Å². The molecule has 0 aliphatic heterocycles. The number of carbonyl (C=O) groups excluding carboxylic acids is 1. The predicted octanol–water partition coefficient (Wildman–Crippen LogP) is 5.11. The van der Waals surface area contributed by atoms with Crippen molar-refractivity contribution in [2.45, 2.75) is 26.2 Å². The first-order valence-electron chi connectivity index (χ1n) is 8.02. The lowest BCUT2D eigenvalue weighted by atomic mass is 10.0. The van der Waals surface area contributed by atoms with Crippen molar-refractivity contribution >= 4 is 22.4 Å². The Morgan fingerprint density at radius 3 is 2.46 bits per heavy atom. The monoisotopic (exact) mass is 336 g/mol. The molecule has 0 unspecified atom stereocenters. The second-order valence-corrected chi connectivity index (χ2v) is 7.14. The summed E-state index contributed by atoms with van der Waals surface area (Å²) >= 11 is 1.52. The number of aromatic nitrogens is 1. The second kappa shape index (κ2) is 7.41. The fourth-order valence-corrected chi connectivity index (χ4v) is 3.27. The Bertz CT molecular complexity index is 807. The topological polar surface area (TPSA) is 42.0 Å². The highest BCUT2D eigenvalue weighted by Gasteiger charge is 2.09. The smallest absolute Gasteiger partial charge is 0.257 e. The number of hydrogen-bond donors (Lipinski definition) is 1. The fourth-order valence-electron chi connectivity index (χ4n) is 2.43. The Balaban J connectivity index is 1.64. The third kappa shape index (κ3) is 4.09. The SMILES string of the molecule is CC(C)c1ccc(Cc2cnc(NC(=O)c3ccccc3)s2)cc1. The summed E-state index contributed by atoms with van der Waals surface area (Å²) in [5.41, 5.74) is 3.24. The lowest BCUT2D eigenvalue weighted by molar-refractivity contribution is 0.102. The molecule has 2 aromatic carbocycles. The second-order valence-electron chi connectivity index (χ2n) is 6.02. The van der Waals surface area contributed by atoms with Crippen LogP contribution >= 0.6 is 11.3 Å². The van der Waals surface area contributed by atoms with Crippen LogP contribution in [0.2, 0.25) is 0 Å². The van der Waals surface area contributed by atoms with Crippen molar-refractivity contribution in [2.75, 3.05) is 5.32 Å². The summed E-state index contributed by atoms with van der Waals surface area (Å²) in [5.74, 6) is 0.417. The van der Waals surface area contributed by atoms with Gasteiger partial charge in [-0.1, -0.05) is 56.3 Å². The third-order valence-electron chi connectivity index (χ3n) is 3.83. The van der Waals surface area contributed by atoms with Gasteiger partial charge in [-0.15, -0.1) is 11.3 Å². The van der Waals surface area contributed by atoms with Crippen molar-refractivity contribution in [3.05, 3.63) is 82.4 Å². The van der Waals surface area contributed by atoms with E-state index in [2.05, 4.69) is 48.4 Å². The summed E-state index contributed by atoms with van der Waals surface area (Å²) in [6.07, 6.45) is 2.67. The third-order valence-corrected chi connectivity index (χ3v) is 4.75. The van der Waals surface area contributed by atoms with Crippen LogP contribution in [-0.4, -0.2) is 10.9 Å². The largest absolute Gasteiger partial charge is 0.298 e. The number of rotatable bonds is 5. The lowest BCUT2D eigenvalue weighted by Crippen LogP contribution is -2.11. The number of benzene rings is 2. The van der Waals surface area contributed by atoms with Crippen LogP contribution in [0.15, 0.2) is 60.8 Å². The van der Waals surface area contributed by atoms with Gasteiger partial charge in [0.25, 0.3) is 5.91 Å². The van der Waals surface area contributed by atoms with Crippen LogP contribution in [-0.2, 0) is 6.42 Å². The van der Waals surface area contributed by atoms with Gasteiger partial charge in [0.15, 0.2) is 5.13 Å². The molecule has 1 heterocycles. The van der Waals surface area contributed by atoms with Gasteiger partial charge in [-0.25, -0.2) is 4.98 Å². The van der Waals surface area contributed by atoms with Crippen LogP contribution in [0, 0.1) is 0 Å². The molecule has 24 heavy (non-hydrogen) atoms. The Labute approximate surface area is 146 Å². The van der Waals surface area contributed by atoms with Crippen LogP contribution in [0.25, 0.3) is 0 Å². The number of hydrogen-bond acceptors (Lipinski definition) is 3. The molecule has 0 bridgehead atoms. The molecule has 4 heteroatoms. The van der Waals surface area contributed by atoms with Crippen molar-refractivity contribution in [1.29, 1.82) is 0 Å². The Kier molecular flexibility index (Phi) is 5.06. The maximum Gasteiger partial charge on any atom is 0.257 e. The molecule has 1 aromatic heterocycles. The molecule has 0 radical (unpaired) electrons. The Morgan fingerprint density at radius 1 is 1.08 bits per heavy atom. The number of amides is 1. The zero-order valence-corrected chi connectivity index (χ0v) is 14.6. The molecule has 3 aromatic rings. The fraction of sp³-hybridized carbons (Fsp3) is 0.200. The molecule has 3 nitrogen and oxygen atoms in total. The quantitative estimate of drug-likeness (QED) is 0.703. The number of thiazole rings is 1. The van der Waals surface area contributed by atoms with E-state index in [-0.39, 0.29) is 5.91 Å². The molecular formula is C20H20N2OS. The van der Waals surface area contributed by atoms with Crippen molar-refractivity contribution in [3.8, 4) is 0 Å². The minimum atomic E-state index is -0.127. The highest BCUT2D eigenvalue weighted by Crippen LogP contribution is 2.23. The zero-order valence-electron chi connectivity index (χ0n) is 13.8. The van der Waals surface area contributed by atoms with Gasteiger partial charge in [-0.3, -0.25) is 10.1 Å². The molecule has 0 fully saturated rings. The van der Waals surface area contributed by atoms with Crippen LogP contribution in [0.3, 0.4) is 0 Å². The highest BCUT2D eigenvalue weighted by molar-refractivity contribution is 7.15. The Morgan fingerprint density at radius 2 is 1.79 bits per heavy atom. The maximum atomic E-state index is 12.1. The first-order valence-corrected chi connectivity index (χ1v) is 8.83. The summed E-state index contributed by atoms with van der Waals surface area (Å²) in [6, 6.07) is 17.9. The van der Waals surface area contributed by atoms with E-state index in [4.69, 9.17) is 0 Å². The van der Waals surface area contributed by atoms with Crippen molar-refractivity contribution in [3.63, 3.8) is 0 Å². The zero-order chi connectivity index (χ0) is 16.9. The summed E-state index contributed by atoms with van der Waals surface area (Å²) in [7, 11) is 0. The lowest BCUT2D eigenvalue weighted by Gasteiger charge is -2.06. The van der Waals surface area contributed by atoms with Gasteiger partial charge in [-0.2, -0.15) is 0 Å². The van der Waals surface area contributed by atoms with Crippen molar-refractivity contribution in [1.82, 2.24) is 4.98 Å². The Hall–Kier alpha value is -2.46. The maximum absolute atomic E-state index is 12.1. The predicted molar refractivity (Wildman–Crippen MR) is 99.8 cm³/mol. The minimum Gasteiger partial charge on any atom is -0.298 e. The standard InChI is InChI=1S/C20H20N2OS/c1-14(2)16-10-8-15(9-11-16)12-18-13-21-20(24-18)22-19(23)17-6-4-3-5-7-17/h3-11,13-14H,12H2,1-2H3,(H,21,22,23). The van der Waals surface area contributed by atoms with Gasteiger partial charge in [0.2, 0.25) is 0 Å². The molecule has 0 saturated heterocycles. The normalized spacial score (nSPS) is 10.8. The molecule has 0 aliphatic carbocycles. The number of nitrogens with zero attached hydrogens (tertiary/aromatic N) is 1. The van der Waals surface area contributed by atoms with Crippen LogP contribution in [0.5, 0.6) is 0 Å². The first kappa shape index (κ1) is 16.4. The number of carbonyl (C=O) groups is 1. The summed E-state index contributed by atoms with van der Waals surface area (Å²) in [5, 5.41) is 3.49. The average molecular weight is 336 g/mol. The van der Waals surface area contributed by atoms with Gasteiger partial charge in [0, 0.05) is 23.1 Å². The van der Waals surface area contributed by atoms with E-state index in [0.29, 0.717) is 16.6 Å². The highest BCUT2D eigenvalue weighted by atomic mass is 32.1. The van der Waals surface area contributed by atoms with Gasteiger partial charge in [0.05, 0.1) is 0 Å². The molecule has 122 valence electrons. The molecule has 0 spiro atoms. The van der Waals surface area contributed by atoms with E-state index in [0.717, 1.165) is 11.3 Å². The van der Waals surface area contributed by atoms with E-state index < -0.39 is 0 Å². The minimum absolute atomic E-state index is 0.127. The van der Waals surface area contributed by atoms with Crippen molar-refractivity contribution in [2.24, 2.45) is 0 Å². The molecule has 1 amide bonds. The van der Waals surface area contributed by atoms with Gasteiger partial charge < -0.3 is 0 Å². The van der Waals surface area contributed by atoms with Gasteiger partial charge in [-0.05, 0) is 29.2 Å².